The number of methoxy groups -OCH3 is 1. The summed E-state index contributed by atoms with van der Waals surface area (Å²) in [7, 11) is -1.77. The van der Waals surface area contributed by atoms with Gasteiger partial charge in [0.2, 0.25) is 10.0 Å². The van der Waals surface area contributed by atoms with E-state index < -0.39 is 10.0 Å². The molecular weight excluding hydrogens is 252 g/mol. The fourth-order valence-corrected chi connectivity index (χ4v) is 2.98. The van der Waals surface area contributed by atoms with Gasteiger partial charge in [-0.1, -0.05) is 6.07 Å². The van der Waals surface area contributed by atoms with E-state index in [1.54, 1.807) is 13.2 Å². The van der Waals surface area contributed by atoms with Crippen LogP contribution in [0.2, 0.25) is 0 Å². The lowest BCUT2D eigenvalue weighted by atomic mass is 9.87. The smallest absolute Gasteiger partial charge is 0.229 e. The molecule has 0 spiro atoms. The van der Waals surface area contributed by atoms with Crippen molar-refractivity contribution in [2.24, 2.45) is 5.73 Å². The lowest BCUT2D eigenvalue weighted by molar-refractivity contribution is 0.405. The highest BCUT2D eigenvalue weighted by atomic mass is 32.2. The van der Waals surface area contributed by atoms with E-state index in [9.17, 15) is 8.42 Å². The maximum absolute atomic E-state index is 11.3. The molecule has 1 aromatic carbocycles. The molecular formula is C12H18N2O3S. The average Bonchev–Trinajstić information content (AvgIpc) is 2.27. The number of ether oxygens (including phenoxy) is 1. The molecule has 2 rings (SSSR count). The number of nitrogens with one attached hydrogen (secondary N) is 1. The standard InChI is InChI=1S/C12H18N2O3S/c1-17-12-9-4-3-5-10(13)8(9)6-7-11(12)14-18(2,15)16/h6-7,10,14H,3-5,13H2,1-2H3. The first-order valence-electron chi connectivity index (χ1n) is 5.85. The molecule has 0 bridgehead atoms. The summed E-state index contributed by atoms with van der Waals surface area (Å²) < 4.78 is 30.4. The predicted octanol–water partition coefficient (Wildman–Crippen LogP) is 1.40. The number of anilines is 1. The Kier molecular flexibility index (Phi) is 3.49. The molecule has 3 N–H and O–H groups in total. The third kappa shape index (κ3) is 2.59. The number of hydrogen-bond donors (Lipinski definition) is 2. The lowest BCUT2D eigenvalue weighted by Gasteiger charge is -2.25. The van der Waals surface area contributed by atoms with Crippen molar-refractivity contribution in [1.82, 2.24) is 0 Å². The summed E-state index contributed by atoms with van der Waals surface area (Å²) in [6.07, 6.45) is 3.94. The van der Waals surface area contributed by atoms with Crippen molar-refractivity contribution in [1.29, 1.82) is 0 Å². The van der Waals surface area contributed by atoms with Crippen molar-refractivity contribution >= 4 is 15.7 Å². The first-order chi connectivity index (χ1) is 8.42. The maximum atomic E-state index is 11.3. The lowest BCUT2D eigenvalue weighted by Crippen LogP contribution is -2.19. The Balaban J connectivity index is 2.51. The molecule has 1 aromatic rings. The topological polar surface area (TPSA) is 81.4 Å². The number of sulfonamides is 1. The van der Waals surface area contributed by atoms with Gasteiger partial charge in [-0.3, -0.25) is 4.72 Å². The van der Waals surface area contributed by atoms with Gasteiger partial charge in [-0.2, -0.15) is 0 Å². The van der Waals surface area contributed by atoms with Gasteiger partial charge in [0.15, 0.2) is 0 Å². The molecule has 0 saturated carbocycles. The van der Waals surface area contributed by atoms with Crippen LogP contribution in [0, 0.1) is 0 Å². The van der Waals surface area contributed by atoms with Crippen molar-refractivity contribution < 1.29 is 13.2 Å². The Morgan fingerprint density at radius 1 is 1.44 bits per heavy atom. The first kappa shape index (κ1) is 13.2. The number of rotatable bonds is 3. The van der Waals surface area contributed by atoms with E-state index in [-0.39, 0.29) is 6.04 Å². The van der Waals surface area contributed by atoms with Gasteiger partial charge in [-0.25, -0.2) is 8.42 Å². The molecule has 5 nitrogen and oxygen atoms in total. The maximum Gasteiger partial charge on any atom is 0.229 e. The van der Waals surface area contributed by atoms with Crippen LogP contribution in [0.5, 0.6) is 5.75 Å². The highest BCUT2D eigenvalue weighted by molar-refractivity contribution is 7.92. The summed E-state index contributed by atoms with van der Waals surface area (Å²) >= 11 is 0. The van der Waals surface area contributed by atoms with E-state index in [0.717, 1.165) is 36.6 Å². The van der Waals surface area contributed by atoms with Gasteiger partial charge in [0.05, 0.1) is 19.1 Å². The normalized spacial score (nSPS) is 19.2. The predicted molar refractivity (Wildman–Crippen MR) is 71.3 cm³/mol. The van der Waals surface area contributed by atoms with E-state index in [0.29, 0.717) is 11.4 Å². The molecule has 100 valence electrons. The molecule has 0 radical (unpaired) electrons. The van der Waals surface area contributed by atoms with E-state index in [1.807, 2.05) is 6.07 Å². The third-order valence-corrected chi connectivity index (χ3v) is 3.73. The minimum atomic E-state index is -3.31. The Hall–Kier alpha value is -1.27. The number of benzene rings is 1. The van der Waals surface area contributed by atoms with Crippen LogP contribution in [0.1, 0.15) is 30.0 Å². The van der Waals surface area contributed by atoms with E-state index in [2.05, 4.69) is 4.72 Å². The summed E-state index contributed by atoms with van der Waals surface area (Å²) in [6, 6.07) is 3.61. The third-order valence-electron chi connectivity index (χ3n) is 3.14. The van der Waals surface area contributed by atoms with Crippen molar-refractivity contribution in [3.05, 3.63) is 23.3 Å². The van der Waals surface area contributed by atoms with Crippen LogP contribution in [-0.4, -0.2) is 21.8 Å². The molecule has 1 atom stereocenters. The quantitative estimate of drug-likeness (QED) is 0.870. The van der Waals surface area contributed by atoms with Gasteiger partial charge in [-0.15, -0.1) is 0 Å². The van der Waals surface area contributed by atoms with Crippen molar-refractivity contribution in [3.8, 4) is 5.75 Å². The average molecular weight is 270 g/mol. The zero-order valence-electron chi connectivity index (χ0n) is 10.6. The molecule has 1 aliphatic carbocycles. The van der Waals surface area contributed by atoms with Gasteiger partial charge in [0.1, 0.15) is 5.75 Å². The van der Waals surface area contributed by atoms with Gasteiger partial charge < -0.3 is 10.5 Å². The van der Waals surface area contributed by atoms with Crippen LogP contribution in [-0.2, 0) is 16.4 Å². The summed E-state index contributed by atoms with van der Waals surface area (Å²) in [6.45, 7) is 0. The summed E-state index contributed by atoms with van der Waals surface area (Å²) in [5, 5.41) is 0. The van der Waals surface area contributed by atoms with Crippen molar-refractivity contribution in [3.63, 3.8) is 0 Å². The van der Waals surface area contributed by atoms with Crippen molar-refractivity contribution in [2.75, 3.05) is 18.1 Å². The highest BCUT2D eigenvalue weighted by Crippen LogP contribution is 2.39. The second-order valence-corrected chi connectivity index (χ2v) is 6.34. The Bertz CT molecular complexity index is 555. The van der Waals surface area contributed by atoms with Crippen LogP contribution in [0.3, 0.4) is 0 Å². The molecule has 0 aliphatic heterocycles. The molecule has 0 aromatic heterocycles. The number of fused-ring (bicyclic) bond motifs is 1. The second-order valence-electron chi connectivity index (χ2n) is 4.59. The second kappa shape index (κ2) is 4.78. The fraction of sp³-hybridized carbons (Fsp3) is 0.500. The molecule has 0 amide bonds. The Morgan fingerprint density at radius 3 is 2.78 bits per heavy atom. The summed E-state index contributed by atoms with van der Waals surface area (Å²) in [5.74, 6) is 0.591. The highest BCUT2D eigenvalue weighted by Gasteiger charge is 2.22. The Morgan fingerprint density at radius 2 is 2.17 bits per heavy atom. The van der Waals surface area contributed by atoms with Crippen LogP contribution < -0.4 is 15.2 Å². The zero-order chi connectivity index (χ0) is 13.3. The fourth-order valence-electron chi connectivity index (χ4n) is 2.42. The van der Waals surface area contributed by atoms with Crippen LogP contribution in [0.25, 0.3) is 0 Å². The monoisotopic (exact) mass is 270 g/mol. The van der Waals surface area contributed by atoms with Gasteiger partial charge in [0, 0.05) is 11.6 Å². The summed E-state index contributed by atoms with van der Waals surface area (Å²) in [5.41, 5.74) is 8.60. The van der Waals surface area contributed by atoms with Crippen LogP contribution in [0.15, 0.2) is 12.1 Å². The minimum Gasteiger partial charge on any atom is -0.494 e. The van der Waals surface area contributed by atoms with Crippen LogP contribution >= 0.6 is 0 Å². The zero-order valence-corrected chi connectivity index (χ0v) is 11.4. The molecule has 0 saturated heterocycles. The molecule has 0 heterocycles. The first-order valence-corrected chi connectivity index (χ1v) is 7.74. The number of hydrogen-bond acceptors (Lipinski definition) is 4. The van der Waals surface area contributed by atoms with E-state index >= 15 is 0 Å². The van der Waals surface area contributed by atoms with Gasteiger partial charge in [0.25, 0.3) is 0 Å². The molecule has 0 fully saturated rings. The Labute approximate surface area is 107 Å². The van der Waals surface area contributed by atoms with Crippen molar-refractivity contribution in [2.45, 2.75) is 25.3 Å². The van der Waals surface area contributed by atoms with E-state index in [4.69, 9.17) is 10.5 Å². The SMILES string of the molecule is COc1c(NS(C)(=O)=O)ccc2c1CCCC2N. The molecule has 6 heteroatoms. The minimum absolute atomic E-state index is 0.00920. The molecule has 18 heavy (non-hydrogen) atoms. The summed E-state index contributed by atoms with van der Waals surface area (Å²) in [4.78, 5) is 0. The molecule has 1 unspecified atom stereocenters. The molecule has 1 aliphatic rings. The van der Waals surface area contributed by atoms with Crippen LogP contribution in [0.4, 0.5) is 5.69 Å². The van der Waals surface area contributed by atoms with Gasteiger partial charge >= 0.3 is 0 Å². The largest absolute Gasteiger partial charge is 0.494 e. The number of nitrogens with two attached hydrogens (primary N) is 1. The van der Waals surface area contributed by atoms with E-state index in [1.165, 1.54) is 0 Å². The van der Waals surface area contributed by atoms with Gasteiger partial charge in [-0.05, 0) is 30.9 Å².